The van der Waals surface area contributed by atoms with Crippen LogP contribution in [0.5, 0.6) is 0 Å². The first-order valence-corrected chi connectivity index (χ1v) is 8.12. The lowest BCUT2D eigenvalue weighted by Gasteiger charge is -2.11. The van der Waals surface area contributed by atoms with Crippen LogP contribution in [0.2, 0.25) is 0 Å². The van der Waals surface area contributed by atoms with Gasteiger partial charge in [-0.15, -0.1) is 0 Å². The number of nitrogens with zero attached hydrogens (tertiary/aromatic N) is 1. The molecule has 1 saturated heterocycles. The van der Waals surface area contributed by atoms with Crippen LogP contribution in [0.15, 0.2) is 54.9 Å². The number of anilines is 2. The summed E-state index contributed by atoms with van der Waals surface area (Å²) in [5, 5.41) is 5.58. The summed E-state index contributed by atoms with van der Waals surface area (Å²) in [6.45, 7) is 0.635. The first kappa shape index (κ1) is 16.9. The normalized spacial score (nSPS) is 16.7. The van der Waals surface area contributed by atoms with E-state index in [1.54, 1.807) is 48.8 Å². The fourth-order valence-electron chi connectivity index (χ4n) is 2.47. The molecule has 0 saturated carbocycles. The van der Waals surface area contributed by atoms with E-state index in [0.29, 0.717) is 18.0 Å². The first-order valence-electron chi connectivity index (χ1n) is 8.12. The molecule has 0 spiro atoms. The SMILES string of the molecule is O=C(C=Cc1cccnc1)Nc1ccc(NC(=O)C2CCCO2)cc1. The molecule has 2 amide bonds. The summed E-state index contributed by atoms with van der Waals surface area (Å²) in [6, 6.07) is 10.6. The molecule has 1 unspecified atom stereocenters. The van der Waals surface area contributed by atoms with Crippen LogP contribution in [0, 0.1) is 0 Å². The van der Waals surface area contributed by atoms with Crippen LogP contribution in [0.25, 0.3) is 6.08 Å². The lowest BCUT2D eigenvalue weighted by atomic mass is 10.2. The van der Waals surface area contributed by atoms with Gasteiger partial charge < -0.3 is 15.4 Å². The summed E-state index contributed by atoms with van der Waals surface area (Å²) in [7, 11) is 0. The predicted octanol–water partition coefficient (Wildman–Crippen LogP) is 2.85. The second kappa shape index (κ2) is 8.21. The van der Waals surface area contributed by atoms with Crippen LogP contribution in [0.3, 0.4) is 0 Å². The number of benzene rings is 1. The number of carbonyl (C=O) groups excluding carboxylic acids is 2. The Bertz CT molecular complexity index is 751. The Kier molecular flexibility index (Phi) is 5.53. The summed E-state index contributed by atoms with van der Waals surface area (Å²) in [5.41, 5.74) is 2.17. The van der Waals surface area contributed by atoms with Crippen molar-refractivity contribution in [3.05, 3.63) is 60.4 Å². The van der Waals surface area contributed by atoms with Crippen LogP contribution in [0.1, 0.15) is 18.4 Å². The van der Waals surface area contributed by atoms with Crippen LogP contribution in [0.4, 0.5) is 11.4 Å². The average Bonchev–Trinajstić information content (AvgIpc) is 3.17. The van der Waals surface area contributed by atoms with E-state index in [1.807, 2.05) is 6.07 Å². The fraction of sp³-hybridized carbons (Fsp3) is 0.211. The standard InChI is InChI=1S/C19H19N3O3/c23-18(10-5-14-3-1-11-20-13-14)21-15-6-8-16(9-7-15)22-19(24)17-4-2-12-25-17/h1,3,5-11,13,17H,2,4,12H2,(H,21,23)(H,22,24). The maximum absolute atomic E-state index is 12.0. The zero-order valence-corrected chi connectivity index (χ0v) is 13.6. The molecule has 1 aromatic heterocycles. The lowest BCUT2D eigenvalue weighted by molar-refractivity contribution is -0.124. The maximum Gasteiger partial charge on any atom is 0.253 e. The zero-order valence-electron chi connectivity index (χ0n) is 13.6. The summed E-state index contributed by atoms with van der Waals surface area (Å²) in [5.74, 6) is -0.367. The molecule has 3 rings (SSSR count). The van der Waals surface area contributed by atoms with Gasteiger partial charge in [0.15, 0.2) is 0 Å². The van der Waals surface area contributed by atoms with Crippen molar-refractivity contribution in [2.24, 2.45) is 0 Å². The Hall–Kier alpha value is -2.99. The molecule has 2 aromatic rings. The highest BCUT2D eigenvalue weighted by Crippen LogP contribution is 2.17. The molecule has 128 valence electrons. The van der Waals surface area contributed by atoms with Crippen molar-refractivity contribution in [3.8, 4) is 0 Å². The molecule has 2 N–H and O–H groups in total. The number of aromatic nitrogens is 1. The molecule has 0 bridgehead atoms. The summed E-state index contributed by atoms with van der Waals surface area (Å²) < 4.78 is 5.35. The van der Waals surface area contributed by atoms with E-state index in [-0.39, 0.29) is 17.9 Å². The quantitative estimate of drug-likeness (QED) is 0.822. The Morgan fingerprint density at radius 2 is 1.88 bits per heavy atom. The molecule has 1 atom stereocenters. The lowest BCUT2D eigenvalue weighted by Crippen LogP contribution is -2.26. The van der Waals surface area contributed by atoms with E-state index in [0.717, 1.165) is 18.4 Å². The third kappa shape index (κ3) is 4.99. The number of carbonyl (C=O) groups is 2. The fourth-order valence-corrected chi connectivity index (χ4v) is 2.47. The van der Waals surface area contributed by atoms with Gasteiger partial charge in [0.05, 0.1) is 0 Å². The van der Waals surface area contributed by atoms with Gasteiger partial charge in [0.25, 0.3) is 5.91 Å². The van der Waals surface area contributed by atoms with Gasteiger partial charge in [-0.3, -0.25) is 14.6 Å². The van der Waals surface area contributed by atoms with Crippen molar-refractivity contribution in [2.75, 3.05) is 17.2 Å². The molecular formula is C19H19N3O3. The Balaban J connectivity index is 1.52. The molecule has 0 radical (unpaired) electrons. The maximum atomic E-state index is 12.0. The monoisotopic (exact) mass is 337 g/mol. The molecule has 0 aliphatic carbocycles. The van der Waals surface area contributed by atoms with Crippen molar-refractivity contribution in [3.63, 3.8) is 0 Å². The number of hydrogen-bond donors (Lipinski definition) is 2. The van der Waals surface area contributed by atoms with Crippen molar-refractivity contribution in [1.82, 2.24) is 4.98 Å². The summed E-state index contributed by atoms with van der Waals surface area (Å²) >= 11 is 0. The van der Waals surface area contributed by atoms with Gasteiger partial charge in [-0.25, -0.2) is 0 Å². The number of amides is 2. The van der Waals surface area contributed by atoms with Gasteiger partial charge in [0, 0.05) is 36.5 Å². The Morgan fingerprint density at radius 1 is 1.12 bits per heavy atom. The van der Waals surface area contributed by atoms with E-state index in [1.165, 1.54) is 6.08 Å². The van der Waals surface area contributed by atoms with Crippen LogP contribution < -0.4 is 10.6 Å². The number of ether oxygens (including phenoxy) is 1. The number of rotatable bonds is 5. The molecule has 2 heterocycles. The highest BCUT2D eigenvalue weighted by Gasteiger charge is 2.23. The first-order chi connectivity index (χ1) is 12.2. The molecule has 1 aliphatic rings. The van der Waals surface area contributed by atoms with Crippen LogP contribution >= 0.6 is 0 Å². The highest BCUT2D eigenvalue weighted by molar-refractivity contribution is 6.02. The van der Waals surface area contributed by atoms with E-state index in [4.69, 9.17) is 4.74 Å². The molecule has 1 fully saturated rings. The molecule has 1 aromatic carbocycles. The number of nitrogens with one attached hydrogen (secondary N) is 2. The van der Waals surface area contributed by atoms with Gasteiger partial charge in [-0.1, -0.05) is 6.07 Å². The number of hydrogen-bond acceptors (Lipinski definition) is 4. The molecule has 6 nitrogen and oxygen atoms in total. The number of pyridine rings is 1. The minimum Gasteiger partial charge on any atom is -0.368 e. The van der Waals surface area contributed by atoms with Crippen LogP contribution in [-0.4, -0.2) is 29.5 Å². The van der Waals surface area contributed by atoms with E-state index in [2.05, 4.69) is 15.6 Å². The van der Waals surface area contributed by atoms with E-state index in [9.17, 15) is 9.59 Å². The molecule has 6 heteroatoms. The molecule has 25 heavy (non-hydrogen) atoms. The van der Waals surface area contributed by atoms with E-state index >= 15 is 0 Å². The second-order valence-electron chi connectivity index (χ2n) is 5.68. The highest BCUT2D eigenvalue weighted by atomic mass is 16.5. The van der Waals surface area contributed by atoms with Gasteiger partial charge in [-0.05, 0) is 54.8 Å². The summed E-state index contributed by atoms with van der Waals surface area (Å²) in [4.78, 5) is 27.9. The third-order valence-corrected chi connectivity index (χ3v) is 3.75. The van der Waals surface area contributed by atoms with Gasteiger partial charge in [0.1, 0.15) is 6.10 Å². The Morgan fingerprint density at radius 3 is 2.52 bits per heavy atom. The largest absolute Gasteiger partial charge is 0.368 e. The van der Waals surface area contributed by atoms with Gasteiger partial charge >= 0.3 is 0 Å². The molecular weight excluding hydrogens is 318 g/mol. The predicted molar refractivity (Wildman–Crippen MR) is 95.9 cm³/mol. The van der Waals surface area contributed by atoms with Crippen molar-refractivity contribution < 1.29 is 14.3 Å². The van der Waals surface area contributed by atoms with E-state index < -0.39 is 0 Å². The van der Waals surface area contributed by atoms with Crippen molar-refractivity contribution >= 4 is 29.3 Å². The summed E-state index contributed by atoms with van der Waals surface area (Å²) in [6.07, 6.45) is 7.80. The van der Waals surface area contributed by atoms with Crippen molar-refractivity contribution in [1.29, 1.82) is 0 Å². The van der Waals surface area contributed by atoms with Crippen molar-refractivity contribution in [2.45, 2.75) is 18.9 Å². The topological polar surface area (TPSA) is 80.3 Å². The van der Waals surface area contributed by atoms with Gasteiger partial charge in [0.2, 0.25) is 5.91 Å². The van der Waals surface area contributed by atoms with Crippen LogP contribution in [-0.2, 0) is 14.3 Å². The van der Waals surface area contributed by atoms with Gasteiger partial charge in [-0.2, -0.15) is 0 Å². The average molecular weight is 337 g/mol. The smallest absolute Gasteiger partial charge is 0.253 e. The minimum absolute atomic E-state index is 0.131. The third-order valence-electron chi connectivity index (χ3n) is 3.75. The zero-order chi connectivity index (χ0) is 17.5. The Labute approximate surface area is 145 Å². The molecule has 1 aliphatic heterocycles. The second-order valence-corrected chi connectivity index (χ2v) is 5.68. The minimum atomic E-state index is -0.364.